The summed E-state index contributed by atoms with van der Waals surface area (Å²) in [5, 5.41) is 0. The quantitative estimate of drug-likeness (QED) is 0.718. The van der Waals surface area contributed by atoms with Crippen molar-refractivity contribution in [3.8, 4) is 0 Å². The molecule has 0 aromatic heterocycles. The summed E-state index contributed by atoms with van der Waals surface area (Å²) in [6.45, 7) is 12.4. The highest BCUT2D eigenvalue weighted by Gasteiger charge is 2.18. The maximum Gasteiger partial charge on any atom is 0.0638 e. The Labute approximate surface area is 82.8 Å². The molecule has 0 bridgehead atoms. The molecular weight excluding hydrogens is 162 g/mol. The third-order valence-electron chi connectivity index (χ3n) is 2.09. The van der Waals surface area contributed by atoms with Gasteiger partial charge in [0.15, 0.2) is 0 Å². The van der Waals surface area contributed by atoms with E-state index in [9.17, 15) is 0 Å². The van der Waals surface area contributed by atoms with Crippen molar-refractivity contribution in [1.82, 2.24) is 0 Å². The maximum atomic E-state index is 5.77. The molecule has 0 rings (SSSR count). The van der Waals surface area contributed by atoms with Gasteiger partial charge >= 0.3 is 0 Å². The lowest BCUT2D eigenvalue weighted by Gasteiger charge is -2.27. The minimum Gasteiger partial charge on any atom is -0.376 e. The van der Waals surface area contributed by atoms with E-state index in [1.807, 2.05) is 0 Å². The van der Waals surface area contributed by atoms with Crippen LogP contribution in [0.4, 0.5) is 0 Å². The molecule has 2 nitrogen and oxygen atoms in total. The van der Waals surface area contributed by atoms with Crippen LogP contribution in [0, 0.1) is 5.41 Å². The Morgan fingerprint density at radius 2 is 1.54 bits per heavy atom. The standard InChI is InChI=1S/C11H25NO/c1-10(2,3)7-9-13-11(4,5)6-8-12/h6-9,12H2,1-5H3. The van der Waals surface area contributed by atoms with Gasteiger partial charge in [-0.15, -0.1) is 0 Å². The van der Waals surface area contributed by atoms with Gasteiger partial charge in [0.1, 0.15) is 0 Å². The van der Waals surface area contributed by atoms with Gasteiger partial charge in [0.05, 0.1) is 5.60 Å². The molecule has 0 aliphatic rings. The summed E-state index contributed by atoms with van der Waals surface area (Å²) in [4.78, 5) is 0. The smallest absolute Gasteiger partial charge is 0.0638 e. The molecule has 2 N–H and O–H groups in total. The predicted octanol–water partition coefficient (Wildman–Crippen LogP) is 2.57. The zero-order valence-electron chi connectivity index (χ0n) is 9.81. The first kappa shape index (κ1) is 12.9. The van der Waals surface area contributed by atoms with E-state index in [1.165, 1.54) is 0 Å². The Balaban J connectivity index is 3.63. The van der Waals surface area contributed by atoms with Crippen LogP contribution in [0.25, 0.3) is 0 Å². The van der Waals surface area contributed by atoms with E-state index in [-0.39, 0.29) is 5.60 Å². The minimum atomic E-state index is -0.0556. The Morgan fingerprint density at radius 3 is 1.92 bits per heavy atom. The summed E-state index contributed by atoms with van der Waals surface area (Å²) < 4.78 is 5.77. The molecule has 0 amide bonds. The highest BCUT2D eigenvalue weighted by atomic mass is 16.5. The first-order chi connectivity index (χ1) is 5.77. The highest BCUT2D eigenvalue weighted by Crippen LogP contribution is 2.21. The van der Waals surface area contributed by atoms with Gasteiger partial charge in [0, 0.05) is 6.61 Å². The summed E-state index contributed by atoms with van der Waals surface area (Å²) >= 11 is 0. The van der Waals surface area contributed by atoms with E-state index < -0.39 is 0 Å². The van der Waals surface area contributed by atoms with E-state index in [2.05, 4.69) is 34.6 Å². The molecule has 0 atom stereocenters. The van der Waals surface area contributed by atoms with E-state index in [4.69, 9.17) is 10.5 Å². The predicted molar refractivity (Wildman–Crippen MR) is 57.8 cm³/mol. The van der Waals surface area contributed by atoms with E-state index in [0.29, 0.717) is 12.0 Å². The molecule has 0 saturated heterocycles. The molecule has 0 aromatic rings. The summed E-state index contributed by atoms with van der Waals surface area (Å²) in [5.74, 6) is 0. The van der Waals surface area contributed by atoms with Gasteiger partial charge < -0.3 is 10.5 Å². The van der Waals surface area contributed by atoms with Gasteiger partial charge in [-0.1, -0.05) is 20.8 Å². The number of hydrogen-bond donors (Lipinski definition) is 1. The normalized spacial score (nSPS) is 13.4. The second-order valence-corrected chi connectivity index (χ2v) is 5.46. The molecule has 0 aromatic carbocycles. The zero-order chi connectivity index (χ0) is 10.5. The summed E-state index contributed by atoms with van der Waals surface area (Å²) in [5.41, 5.74) is 5.80. The number of hydrogen-bond acceptors (Lipinski definition) is 2. The van der Waals surface area contributed by atoms with E-state index in [0.717, 1.165) is 19.4 Å². The first-order valence-electron chi connectivity index (χ1n) is 5.11. The van der Waals surface area contributed by atoms with Crippen molar-refractivity contribution in [3.05, 3.63) is 0 Å². The van der Waals surface area contributed by atoms with Crippen LogP contribution in [-0.2, 0) is 4.74 Å². The SMILES string of the molecule is CC(C)(C)CCOC(C)(C)CCN. The summed E-state index contributed by atoms with van der Waals surface area (Å²) in [6, 6.07) is 0. The molecule has 0 spiro atoms. The fourth-order valence-corrected chi connectivity index (χ4v) is 1.05. The second kappa shape index (κ2) is 4.97. The fourth-order valence-electron chi connectivity index (χ4n) is 1.05. The third-order valence-corrected chi connectivity index (χ3v) is 2.09. The monoisotopic (exact) mass is 187 g/mol. The summed E-state index contributed by atoms with van der Waals surface area (Å²) in [6.07, 6.45) is 2.03. The van der Waals surface area contributed by atoms with Crippen molar-refractivity contribution in [2.24, 2.45) is 11.1 Å². The lowest BCUT2D eigenvalue weighted by Crippen LogP contribution is -2.29. The van der Waals surface area contributed by atoms with Gasteiger partial charge in [-0.3, -0.25) is 0 Å². The molecule has 2 heteroatoms. The van der Waals surface area contributed by atoms with Crippen molar-refractivity contribution in [2.75, 3.05) is 13.2 Å². The molecule has 0 aliphatic carbocycles. The van der Waals surface area contributed by atoms with Crippen LogP contribution < -0.4 is 5.73 Å². The Kier molecular flexibility index (Phi) is 4.93. The lowest BCUT2D eigenvalue weighted by molar-refractivity contribution is -0.0312. The van der Waals surface area contributed by atoms with Gasteiger partial charge in [-0.2, -0.15) is 0 Å². The molecule has 0 heterocycles. The Morgan fingerprint density at radius 1 is 1.00 bits per heavy atom. The third kappa shape index (κ3) is 8.26. The Hall–Kier alpha value is -0.0800. The Bertz CT molecular complexity index is 136. The highest BCUT2D eigenvalue weighted by molar-refractivity contribution is 4.69. The van der Waals surface area contributed by atoms with E-state index >= 15 is 0 Å². The molecule has 0 aliphatic heterocycles. The van der Waals surface area contributed by atoms with Crippen LogP contribution in [0.15, 0.2) is 0 Å². The largest absolute Gasteiger partial charge is 0.376 e. The fraction of sp³-hybridized carbons (Fsp3) is 1.00. The van der Waals surface area contributed by atoms with Crippen LogP contribution in [0.5, 0.6) is 0 Å². The summed E-state index contributed by atoms with van der Waals surface area (Å²) in [7, 11) is 0. The van der Waals surface area contributed by atoms with Crippen LogP contribution in [-0.4, -0.2) is 18.8 Å². The van der Waals surface area contributed by atoms with Crippen LogP contribution >= 0.6 is 0 Å². The number of nitrogens with two attached hydrogens (primary N) is 1. The zero-order valence-corrected chi connectivity index (χ0v) is 9.81. The van der Waals surface area contributed by atoms with Crippen molar-refractivity contribution in [3.63, 3.8) is 0 Å². The van der Waals surface area contributed by atoms with Crippen molar-refractivity contribution in [2.45, 2.75) is 53.1 Å². The number of ether oxygens (including phenoxy) is 1. The van der Waals surface area contributed by atoms with Gasteiger partial charge in [-0.05, 0) is 38.6 Å². The first-order valence-corrected chi connectivity index (χ1v) is 5.11. The molecular formula is C11H25NO. The van der Waals surface area contributed by atoms with Crippen molar-refractivity contribution in [1.29, 1.82) is 0 Å². The molecule has 13 heavy (non-hydrogen) atoms. The second-order valence-electron chi connectivity index (χ2n) is 5.46. The van der Waals surface area contributed by atoms with Gasteiger partial charge in [0.2, 0.25) is 0 Å². The van der Waals surface area contributed by atoms with Crippen LogP contribution in [0.1, 0.15) is 47.5 Å². The van der Waals surface area contributed by atoms with Gasteiger partial charge in [-0.25, -0.2) is 0 Å². The minimum absolute atomic E-state index is 0.0556. The molecule has 0 fully saturated rings. The lowest BCUT2D eigenvalue weighted by atomic mass is 9.93. The topological polar surface area (TPSA) is 35.2 Å². The van der Waals surface area contributed by atoms with Crippen LogP contribution in [0.2, 0.25) is 0 Å². The van der Waals surface area contributed by atoms with Crippen LogP contribution in [0.3, 0.4) is 0 Å². The molecule has 80 valence electrons. The average molecular weight is 187 g/mol. The average Bonchev–Trinajstić information content (AvgIpc) is 1.82. The van der Waals surface area contributed by atoms with Gasteiger partial charge in [0.25, 0.3) is 0 Å². The molecule has 0 radical (unpaired) electrons. The molecule has 0 saturated carbocycles. The molecule has 0 unspecified atom stereocenters. The van der Waals surface area contributed by atoms with E-state index in [1.54, 1.807) is 0 Å². The van der Waals surface area contributed by atoms with Crippen molar-refractivity contribution >= 4 is 0 Å². The maximum absolute atomic E-state index is 5.77. The number of rotatable bonds is 5. The van der Waals surface area contributed by atoms with Crippen molar-refractivity contribution < 1.29 is 4.74 Å².